The number of nitrogens with one attached hydrogen (secondary N) is 1. The third-order valence-corrected chi connectivity index (χ3v) is 6.46. The second kappa shape index (κ2) is 8.65. The van der Waals surface area contributed by atoms with Crippen molar-refractivity contribution >= 4 is 28.3 Å². The van der Waals surface area contributed by atoms with Crippen LogP contribution in [0.2, 0.25) is 0 Å². The van der Waals surface area contributed by atoms with E-state index in [-0.39, 0.29) is 0 Å². The van der Waals surface area contributed by atoms with Gasteiger partial charge in [0.05, 0.1) is 31.3 Å². The molecule has 0 unspecified atom stereocenters. The average molecular weight is 457 g/mol. The number of nitrogens with zero attached hydrogens (tertiary/aromatic N) is 1. The Balaban J connectivity index is 1.55. The van der Waals surface area contributed by atoms with Crippen LogP contribution >= 0.6 is 0 Å². The molecule has 4 nitrogen and oxygen atoms in total. The van der Waals surface area contributed by atoms with Crippen LogP contribution in [0.3, 0.4) is 0 Å². The van der Waals surface area contributed by atoms with Crippen molar-refractivity contribution in [1.29, 1.82) is 0 Å². The van der Waals surface area contributed by atoms with Gasteiger partial charge in [0.25, 0.3) is 0 Å². The summed E-state index contributed by atoms with van der Waals surface area (Å²) < 4.78 is 11.3. The molecule has 0 amide bonds. The van der Waals surface area contributed by atoms with Crippen molar-refractivity contribution in [3.8, 4) is 22.8 Å². The molecule has 6 rings (SSSR count). The predicted molar refractivity (Wildman–Crippen MR) is 143 cm³/mol. The number of benzene rings is 4. The molecule has 0 aliphatic carbocycles. The summed E-state index contributed by atoms with van der Waals surface area (Å²) in [4.78, 5) is 8.77. The summed E-state index contributed by atoms with van der Waals surface area (Å²) in [5.41, 5.74) is 8.10. The molecule has 2 heterocycles. The maximum atomic E-state index is 5.65. The molecule has 0 atom stereocenters. The quantitative estimate of drug-likeness (QED) is 0.304. The molecular weight excluding hydrogens is 432 g/mol. The van der Waals surface area contributed by atoms with Crippen molar-refractivity contribution in [2.24, 2.45) is 4.99 Å². The van der Waals surface area contributed by atoms with Crippen LogP contribution in [0.25, 0.3) is 33.8 Å². The van der Waals surface area contributed by atoms with Gasteiger partial charge in [0.1, 0.15) is 11.5 Å². The van der Waals surface area contributed by atoms with Crippen LogP contribution in [-0.4, -0.2) is 24.9 Å². The van der Waals surface area contributed by atoms with Crippen LogP contribution in [0, 0.1) is 0 Å². The Labute approximate surface area is 204 Å². The van der Waals surface area contributed by atoms with E-state index in [2.05, 4.69) is 71.7 Å². The van der Waals surface area contributed by atoms with E-state index < -0.39 is 0 Å². The monoisotopic (exact) mass is 456 g/mol. The Morgan fingerprint density at radius 2 is 1.14 bits per heavy atom. The Hall–Kier alpha value is -4.57. The number of fused-ring (bicyclic) bond motifs is 2. The van der Waals surface area contributed by atoms with Crippen LogP contribution < -0.4 is 9.47 Å². The average Bonchev–Trinajstić information content (AvgIpc) is 3.47. The maximum Gasteiger partial charge on any atom is 0.128 e. The van der Waals surface area contributed by atoms with Gasteiger partial charge >= 0.3 is 0 Å². The second-order valence-electron chi connectivity index (χ2n) is 8.40. The fourth-order valence-corrected chi connectivity index (χ4v) is 4.83. The van der Waals surface area contributed by atoms with Gasteiger partial charge in [-0.05, 0) is 30.3 Å². The van der Waals surface area contributed by atoms with Crippen LogP contribution in [-0.2, 0) is 0 Å². The molecule has 0 fully saturated rings. The molecule has 0 bridgehead atoms. The van der Waals surface area contributed by atoms with E-state index in [1.807, 2.05) is 36.4 Å². The minimum absolute atomic E-state index is 0.811. The lowest BCUT2D eigenvalue weighted by Gasteiger charge is -2.08. The number of hydrogen-bond donors (Lipinski definition) is 1. The molecular formula is C31H24N2O2. The molecule has 0 spiro atoms. The van der Waals surface area contributed by atoms with Gasteiger partial charge in [-0.1, -0.05) is 72.8 Å². The van der Waals surface area contributed by atoms with Crippen molar-refractivity contribution in [2.45, 2.75) is 0 Å². The molecule has 1 aromatic heterocycles. The summed E-state index contributed by atoms with van der Waals surface area (Å²) in [6.07, 6.45) is 2.14. The Morgan fingerprint density at radius 3 is 1.86 bits per heavy atom. The third-order valence-electron chi connectivity index (χ3n) is 6.46. The van der Waals surface area contributed by atoms with Crippen molar-refractivity contribution in [3.05, 3.63) is 119 Å². The number of H-pyrrole nitrogens is 1. The molecule has 4 aromatic carbocycles. The normalized spacial score (nSPS) is 13.7. The number of aromatic nitrogens is 1. The molecule has 35 heavy (non-hydrogen) atoms. The molecule has 5 aromatic rings. The molecule has 170 valence electrons. The Kier molecular flexibility index (Phi) is 5.19. The van der Waals surface area contributed by atoms with Crippen molar-refractivity contribution < 1.29 is 9.47 Å². The standard InChI is InChI=1S/C31H24N2O2/c1-34-28-17-9-7-15-24(28)30-22-13-5-3-11-20(22)26(32-30)19-27-21-12-4-6-14-23(21)31(33-27)25-16-8-10-18-29(25)35-2/h3-19,32H,1-2H3/b27-19-. The van der Waals surface area contributed by atoms with Gasteiger partial charge in [-0.15, -0.1) is 0 Å². The second-order valence-corrected chi connectivity index (χ2v) is 8.40. The van der Waals surface area contributed by atoms with Gasteiger partial charge in [-0.25, -0.2) is 4.99 Å². The van der Waals surface area contributed by atoms with E-state index in [1.165, 1.54) is 0 Å². The highest BCUT2D eigenvalue weighted by molar-refractivity contribution is 6.23. The molecule has 4 heteroatoms. The molecule has 0 radical (unpaired) electrons. The zero-order valence-corrected chi connectivity index (χ0v) is 19.6. The van der Waals surface area contributed by atoms with E-state index in [0.29, 0.717) is 0 Å². The summed E-state index contributed by atoms with van der Waals surface area (Å²) >= 11 is 0. The zero-order valence-electron chi connectivity index (χ0n) is 19.6. The fraction of sp³-hybridized carbons (Fsp3) is 0.0645. The first kappa shape index (κ1) is 21.0. The van der Waals surface area contributed by atoms with E-state index in [9.17, 15) is 0 Å². The van der Waals surface area contributed by atoms with Crippen LogP contribution in [0.5, 0.6) is 11.5 Å². The van der Waals surface area contributed by atoms with Gasteiger partial charge in [0.2, 0.25) is 0 Å². The number of aliphatic imine (C=N–C) groups is 1. The lowest BCUT2D eigenvalue weighted by molar-refractivity contribution is 0.414. The fourth-order valence-electron chi connectivity index (χ4n) is 4.83. The lowest BCUT2D eigenvalue weighted by atomic mass is 9.98. The SMILES string of the molecule is COc1ccccc1C1=N/C(=C\c2[nH]c(-c3ccccc3OC)c3ccccc23)c2ccccc21. The number of aromatic amines is 1. The van der Waals surface area contributed by atoms with Gasteiger partial charge in [0.15, 0.2) is 0 Å². The highest BCUT2D eigenvalue weighted by Gasteiger charge is 2.24. The van der Waals surface area contributed by atoms with Gasteiger partial charge in [0, 0.05) is 38.7 Å². The van der Waals surface area contributed by atoms with E-state index in [4.69, 9.17) is 14.5 Å². The molecule has 1 N–H and O–H groups in total. The van der Waals surface area contributed by atoms with Gasteiger partial charge in [-0.3, -0.25) is 0 Å². The number of para-hydroxylation sites is 2. The summed E-state index contributed by atoms with van der Waals surface area (Å²) in [5, 5.41) is 2.28. The Morgan fingerprint density at radius 1 is 0.600 bits per heavy atom. The minimum Gasteiger partial charge on any atom is -0.496 e. The molecule has 1 aliphatic rings. The van der Waals surface area contributed by atoms with Gasteiger partial charge < -0.3 is 14.5 Å². The molecule has 0 saturated carbocycles. The van der Waals surface area contributed by atoms with Gasteiger partial charge in [-0.2, -0.15) is 0 Å². The lowest BCUT2D eigenvalue weighted by Crippen LogP contribution is -2.03. The van der Waals surface area contributed by atoms with Crippen LogP contribution in [0.15, 0.2) is 102 Å². The van der Waals surface area contributed by atoms with E-state index in [1.54, 1.807) is 14.2 Å². The third kappa shape index (κ3) is 3.51. The van der Waals surface area contributed by atoms with E-state index >= 15 is 0 Å². The highest BCUT2D eigenvalue weighted by Crippen LogP contribution is 2.39. The molecule has 0 saturated heterocycles. The highest BCUT2D eigenvalue weighted by atomic mass is 16.5. The first-order chi connectivity index (χ1) is 17.3. The summed E-state index contributed by atoms with van der Waals surface area (Å²) in [6.45, 7) is 0. The summed E-state index contributed by atoms with van der Waals surface area (Å²) in [7, 11) is 3.40. The summed E-state index contributed by atoms with van der Waals surface area (Å²) in [5.74, 6) is 1.65. The zero-order chi connectivity index (χ0) is 23.8. The number of rotatable bonds is 5. The van der Waals surface area contributed by atoms with E-state index in [0.717, 1.165) is 67.3 Å². The number of hydrogen-bond acceptors (Lipinski definition) is 3. The van der Waals surface area contributed by atoms with Crippen molar-refractivity contribution in [1.82, 2.24) is 4.98 Å². The largest absolute Gasteiger partial charge is 0.496 e. The topological polar surface area (TPSA) is 46.6 Å². The number of methoxy groups -OCH3 is 2. The summed E-state index contributed by atoms with van der Waals surface area (Å²) in [6, 6.07) is 32.9. The first-order valence-electron chi connectivity index (χ1n) is 11.6. The van der Waals surface area contributed by atoms with Crippen LogP contribution in [0.4, 0.5) is 0 Å². The maximum absolute atomic E-state index is 5.65. The van der Waals surface area contributed by atoms with Crippen molar-refractivity contribution in [2.75, 3.05) is 14.2 Å². The van der Waals surface area contributed by atoms with Crippen molar-refractivity contribution in [3.63, 3.8) is 0 Å². The molecule has 1 aliphatic heterocycles. The Bertz CT molecular complexity index is 1620. The van der Waals surface area contributed by atoms with Crippen LogP contribution in [0.1, 0.15) is 22.4 Å². The number of ether oxygens (including phenoxy) is 2. The first-order valence-corrected chi connectivity index (χ1v) is 11.6. The minimum atomic E-state index is 0.811. The predicted octanol–water partition coefficient (Wildman–Crippen LogP) is 7.20. The smallest absolute Gasteiger partial charge is 0.128 e.